The molecule has 1 heterocycles. The molecule has 1 aromatic rings. The van der Waals surface area contributed by atoms with Gasteiger partial charge in [-0.2, -0.15) is 0 Å². The molecule has 1 atom stereocenters. The molecule has 4 bridgehead atoms. The van der Waals surface area contributed by atoms with Gasteiger partial charge in [0.05, 0.1) is 5.41 Å². The predicted molar refractivity (Wildman–Crippen MR) is 104 cm³/mol. The van der Waals surface area contributed by atoms with Gasteiger partial charge in [-0.25, -0.2) is 0 Å². The fourth-order valence-corrected chi connectivity index (χ4v) is 6.86. The van der Waals surface area contributed by atoms with E-state index in [0.29, 0.717) is 12.5 Å². The maximum absolute atomic E-state index is 13.6. The quantitative estimate of drug-likeness (QED) is 0.886. The second kappa shape index (κ2) is 6.65. The van der Waals surface area contributed by atoms with Crippen LogP contribution in [-0.2, 0) is 16.1 Å². The van der Waals surface area contributed by atoms with E-state index >= 15 is 0 Å². The summed E-state index contributed by atoms with van der Waals surface area (Å²) in [5.74, 6) is 2.60. The van der Waals surface area contributed by atoms with Gasteiger partial charge >= 0.3 is 0 Å². The average Bonchev–Trinajstić information content (AvgIpc) is 3.15. The van der Waals surface area contributed by atoms with Crippen LogP contribution in [0.5, 0.6) is 0 Å². The number of benzene rings is 1. The van der Waals surface area contributed by atoms with Crippen LogP contribution in [0.1, 0.15) is 56.9 Å². The Hall–Kier alpha value is -1.84. The van der Waals surface area contributed by atoms with Crippen molar-refractivity contribution < 1.29 is 9.59 Å². The number of likely N-dealkylation sites (tertiary alicyclic amines) is 1. The second-order valence-electron chi connectivity index (χ2n) is 9.56. The summed E-state index contributed by atoms with van der Waals surface area (Å²) in [6, 6.07) is 9.73. The molecule has 1 saturated heterocycles. The first-order valence-electron chi connectivity index (χ1n) is 10.8. The lowest BCUT2D eigenvalue weighted by atomic mass is 9.49. The lowest BCUT2D eigenvalue weighted by Crippen LogP contribution is -2.57. The van der Waals surface area contributed by atoms with E-state index in [9.17, 15) is 9.59 Å². The Morgan fingerprint density at radius 1 is 1.00 bits per heavy atom. The topological polar surface area (TPSA) is 49.4 Å². The van der Waals surface area contributed by atoms with Gasteiger partial charge in [-0.3, -0.25) is 9.59 Å². The van der Waals surface area contributed by atoms with E-state index in [2.05, 4.69) is 5.32 Å². The van der Waals surface area contributed by atoms with Crippen molar-refractivity contribution in [2.75, 3.05) is 6.54 Å². The van der Waals surface area contributed by atoms with E-state index in [-0.39, 0.29) is 17.4 Å². The van der Waals surface area contributed by atoms with Crippen LogP contribution in [0, 0.1) is 23.2 Å². The van der Waals surface area contributed by atoms with Crippen LogP contribution in [-0.4, -0.2) is 29.3 Å². The third-order valence-corrected chi connectivity index (χ3v) is 7.62. The Labute approximate surface area is 161 Å². The summed E-state index contributed by atoms with van der Waals surface area (Å²) in [7, 11) is 0. The average molecular weight is 367 g/mol. The summed E-state index contributed by atoms with van der Waals surface area (Å²) >= 11 is 0. The molecule has 4 heteroatoms. The minimum atomic E-state index is -0.269. The largest absolute Gasteiger partial charge is 0.350 e. The minimum Gasteiger partial charge on any atom is -0.350 e. The zero-order valence-electron chi connectivity index (χ0n) is 16.0. The summed E-state index contributed by atoms with van der Waals surface area (Å²) in [4.78, 5) is 28.4. The Morgan fingerprint density at radius 3 is 2.26 bits per heavy atom. The molecule has 6 rings (SSSR count). The maximum Gasteiger partial charge on any atom is 0.243 e. The molecule has 4 aliphatic carbocycles. The van der Waals surface area contributed by atoms with Gasteiger partial charge < -0.3 is 10.2 Å². The van der Waals surface area contributed by atoms with Gasteiger partial charge in [0.1, 0.15) is 6.04 Å². The van der Waals surface area contributed by atoms with Crippen LogP contribution in [0.2, 0.25) is 0 Å². The van der Waals surface area contributed by atoms with Crippen LogP contribution in [0.4, 0.5) is 0 Å². The van der Waals surface area contributed by atoms with Crippen molar-refractivity contribution in [2.45, 2.75) is 64.0 Å². The van der Waals surface area contributed by atoms with Crippen molar-refractivity contribution in [2.24, 2.45) is 23.2 Å². The van der Waals surface area contributed by atoms with Crippen molar-refractivity contribution in [3.63, 3.8) is 0 Å². The SMILES string of the molecule is O=C(NCc1ccccc1)[C@H]1CCCN1C(=O)C12CC3CC(CC(C3)C1)C2. The first-order chi connectivity index (χ1) is 13.1. The fraction of sp³-hybridized carbons (Fsp3) is 0.652. The Balaban J connectivity index is 1.28. The Morgan fingerprint density at radius 2 is 1.63 bits per heavy atom. The molecule has 2 amide bonds. The summed E-state index contributed by atoms with van der Waals surface area (Å²) in [6.07, 6.45) is 9.00. The summed E-state index contributed by atoms with van der Waals surface area (Å²) in [6.45, 7) is 1.29. The number of hydrogen-bond acceptors (Lipinski definition) is 2. The van der Waals surface area contributed by atoms with Crippen LogP contribution >= 0.6 is 0 Å². The van der Waals surface area contributed by atoms with Crippen molar-refractivity contribution in [1.82, 2.24) is 10.2 Å². The third-order valence-electron chi connectivity index (χ3n) is 7.62. The van der Waals surface area contributed by atoms with Gasteiger partial charge in [-0.05, 0) is 74.7 Å². The first-order valence-corrected chi connectivity index (χ1v) is 10.8. The monoisotopic (exact) mass is 366 g/mol. The summed E-state index contributed by atoms with van der Waals surface area (Å²) in [5.41, 5.74) is 0.958. The molecule has 0 unspecified atom stereocenters. The molecule has 1 aromatic carbocycles. The molecule has 4 nitrogen and oxygen atoms in total. The van der Waals surface area contributed by atoms with E-state index in [1.807, 2.05) is 35.2 Å². The molecule has 4 saturated carbocycles. The molecular formula is C23H30N2O2. The van der Waals surface area contributed by atoms with Gasteiger partial charge in [0.2, 0.25) is 11.8 Å². The molecule has 144 valence electrons. The number of nitrogens with one attached hydrogen (secondary N) is 1. The molecule has 0 spiro atoms. The van der Waals surface area contributed by atoms with Crippen molar-refractivity contribution in [3.05, 3.63) is 35.9 Å². The number of rotatable bonds is 4. The van der Waals surface area contributed by atoms with E-state index in [0.717, 1.165) is 62.0 Å². The lowest BCUT2D eigenvalue weighted by Gasteiger charge is -2.56. The number of hydrogen-bond donors (Lipinski definition) is 1. The van der Waals surface area contributed by atoms with E-state index < -0.39 is 0 Å². The highest BCUT2D eigenvalue weighted by Crippen LogP contribution is 2.60. The standard InChI is InChI=1S/C23H30N2O2/c26-21(24-15-16-5-2-1-3-6-16)20-7-4-8-25(20)22(27)23-12-17-9-18(13-23)11-19(10-17)14-23/h1-3,5-6,17-20H,4,7-15H2,(H,24,26)/t17?,18?,19?,20-,23?/m1/s1. The summed E-state index contributed by atoms with van der Waals surface area (Å²) < 4.78 is 0. The minimum absolute atomic E-state index is 0.0226. The van der Waals surface area contributed by atoms with Crippen molar-refractivity contribution in [3.8, 4) is 0 Å². The Bertz CT molecular complexity index is 694. The zero-order chi connectivity index (χ0) is 18.4. The third kappa shape index (κ3) is 3.07. The molecule has 1 aliphatic heterocycles. The number of amides is 2. The Kier molecular flexibility index (Phi) is 4.25. The van der Waals surface area contributed by atoms with Crippen molar-refractivity contribution in [1.29, 1.82) is 0 Å². The van der Waals surface area contributed by atoms with E-state index in [4.69, 9.17) is 0 Å². The van der Waals surface area contributed by atoms with Crippen LogP contribution in [0.15, 0.2) is 30.3 Å². The van der Waals surface area contributed by atoms with Gasteiger partial charge in [0.25, 0.3) is 0 Å². The molecule has 1 N–H and O–H groups in total. The number of nitrogens with zero attached hydrogens (tertiary/aromatic N) is 1. The van der Waals surface area contributed by atoms with E-state index in [1.165, 1.54) is 19.3 Å². The van der Waals surface area contributed by atoms with Gasteiger partial charge in [0, 0.05) is 13.1 Å². The zero-order valence-corrected chi connectivity index (χ0v) is 16.0. The first kappa shape index (κ1) is 17.3. The van der Waals surface area contributed by atoms with Gasteiger partial charge in [-0.1, -0.05) is 30.3 Å². The highest BCUT2D eigenvalue weighted by molar-refractivity contribution is 5.91. The number of carbonyl (C=O) groups excluding carboxylic acids is 2. The van der Waals surface area contributed by atoms with Gasteiger partial charge in [-0.15, -0.1) is 0 Å². The predicted octanol–water partition coefficient (Wildman–Crippen LogP) is 3.51. The molecule has 27 heavy (non-hydrogen) atoms. The van der Waals surface area contributed by atoms with Crippen LogP contribution < -0.4 is 5.32 Å². The molecule has 0 radical (unpaired) electrons. The second-order valence-corrected chi connectivity index (χ2v) is 9.56. The maximum atomic E-state index is 13.6. The van der Waals surface area contributed by atoms with Gasteiger partial charge in [0.15, 0.2) is 0 Å². The highest BCUT2D eigenvalue weighted by atomic mass is 16.2. The van der Waals surface area contributed by atoms with Crippen molar-refractivity contribution >= 4 is 11.8 Å². The molecule has 0 aromatic heterocycles. The van der Waals surface area contributed by atoms with Crippen LogP contribution in [0.3, 0.4) is 0 Å². The normalized spacial score (nSPS) is 36.8. The lowest BCUT2D eigenvalue weighted by molar-refractivity contribution is -0.160. The highest BCUT2D eigenvalue weighted by Gasteiger charge is 2.56. The molecular weight excluding hydrogens is 336 g/mol. The summed E-state index contributed by atoms with van der Waals surface area (Å²) in [5, 5.41) is 3.07. The molecule has 5 aliphatic rings. The van der Waals surface area contributed by atoms with E-state index in [1.54, 1.807) is 0 Å². The fourth-order valence-electron chi connectivity index (χ4n) is 6.86. The number of carbonyl (C=O) groups is 2. The van der Waals surface area contributed by atoms with Crippen LogP contribution in [0.25, 0.3) is 0 Å². The smallest absolute Gasteiger partial charge is 0.243 e. The molecule has 5 fully saturated rings.